The minimum atomic E-state index is 0.819. The summed E-state index contributed by atoms with van der Waals surface area (Å²) >= 11 is 0. The van der Waals surface area contributed by atoms with Crippen molar-refractivity contribution in [1.82, 2.24) is 9.55 Å². The fourth-order valence-corrected chi connectivity index (χ4v) is 5.76. The Morgan fingerprint density at radius 3 is 1.92 bits per heavy atom. The van der Waals surface area contributed by atoms with Gasteiger partial charge >= 0.3 is 0 Å². The van der Waals surface area contributed by atoms with Crippen LogP contribution in [0.1, 0.15) is 0 Å². The van der Waals surface area contributed by atoms with Gasteiger partial charge in [-0.05, 0) is 47.5 Å². The summed E-state index contributed by atoms with van der Waals surface area (Å²) in [7, 11) is 0. The molecule has 0 unspecified atom stereocenters. The molecule has 0 spiro atoms. The third kappa shape index (κ3) is 3.06. The number of benzene rings is 5. The molecular formula is C35H22N2O. The first-order valence-corrected chi connectivity index (χ1v) is 12.8. The quantitative estimate of drug-likeness (QED) is 0.249. The Bertz CT molecular complexity index is 2080. The van der Waals surface area contributed by atoms with Crippen molar-refractivity contribution in [3.63, 3.8) is 0 Å². The van der Waals surface area contributed by atoms with Gasteiger partial charge in [-0.1, -0.05) is 91.0 Å². The van der Waals surface area contributed by atoms with E-state index in [9.17, 15) is 0 Å². The molecule has 0 aliphatic rings. The minimum absolute atomic E-state index is 0.819. The molecule has 0 bridgehead atoms. The molecule has 3 heterocycles. The highest BCUT2D eigenvalue weighted by molar-refractivity contribution is 6.11. The molecule has 0 radical (unpaired) electrons. The van der Waals surface area contributed by atoms with E-state index in [0.29, 0.717) is 0 Å². The average Bonchev–Trinajstić information content (AvgIpc) is 3.54. The number of para-hydroxylation sites is 3. The van der Waals surface area contributed by atoms with Gasteiger partial charge in [0, 0.05) is 39.2 Å². The molecule has 3 aromatic heterocycles. The van der Waals surface area contributed by atoms with Gasteiger partial charge in [-0.3, -0.25) is 4.98 Å². The van der Waals surface area contributed by atoms with Crippen LogP contribution < -0.4 is 0 Å². The average molecular weight is 487 g/mol. The summed E-state index contributed by atoms with van der Waals surface area (Å²) in [6.07, 6.45) is 1.87. The molecule has 8 rings (SSSR count). The van der Waals surface area contributed by atoms with Crippen LogP contribution in [0.5, 0.6) is 0 Å². The normalized spacial score (nSPS) is 11.7. The second-order valence-electron chi connectivity index (χ2n) is 9.61. The van der Waals surface area contributed by atoms with Crippen LogP contribution in [0.25, 0.3) is 71.8 Å². The molecule has 178 valence electrons. The lowest BCUT2D eigenvalue weighted by molar-refractivity contribution is 0.670. The van der Waals surface area contributed by atoms with Gasteiger partial charge in [-0.15, -0.1) is 0 Å². The first kappa shape index (κ1) is 21.0. The maximum atomic E-state index is 6.63. The van der Waals surface area contributed by atoms with Crippen molar-refractivity contribution in [3.8, 4) is 27.9 Å². The lowest BCUT2D eigenvalue weighted by atomic mass is 10.0. The third-order valence-corrected chi connectivity index (χ3v) is 7.46. The molecule has 38 heavy (non-hydrogen) atoms. The second kappa shape index (κ2) is 8.19. The number of pyridine rings is 1. The summed E-state index contributed by atoms with van der Waals surface area (Å²) in [6.45, 7) is 0. The molecule has 0 N–H and O–H groups in total. The van der Waals surface area contributed by atoms with Crippen molar-refractivity contribution in [2.24, 2.45) is 0 Å². The van der Waals surface area contributed by atoms with Gasteiger partial charge in [0.1, 0.15) is 11.1 Å². The predicted octanol–water partition coefficient (Wildman–Crippen LogP) is 9.41. The highest BCUT2D eigenvalue weighted by atomic mass is 16.3. The molecule has 5 aromatic carbocycles. The van der Waals surface area contributed by atoms with Crippen molar-refractivity contribution in [2.45, 2.75) is 0 Å². The molecule has 0 saturated heterocycles. The Kier molecular flexibility index (Phi) is 4.52. The van der Waals surface area contributed by atoms with E-state index in [4.69, 9.17) is 9.40 Å². The fourth-order valence-electron chi connectivity index (χ4n) is 5.76. The van der Waals surface area contributed by atoms with Crippen molar-refractivity contribution in [1.29, 1.82) is 0 Å². The van der Waals surface area contributed by atoms with Crippen LogP contribution in [0.2, 0.25) is 0 Å². The Morgan fingerprint density at radius 2 is 1.13 bits per heavy atom. The SMILES string of the molecule is c1ccc(-c2ccnc3c2oc2c(-c4cccc(-n5c6ccccc6c6ccccc65)c4)cccc23)cc1. The Morgan fingerprint density at radius 1 is 0.500 bits per heavy atom. The lowest BCUT2D eigenvalue weighted by Gasteiger charge is -2.10. The first-order chi connectivity index (χ1) is 18.9. The number of hydrogen-bond donors (Lipinski definition) is 0. The van der Waals surface area contributed by atoms with E-state index in [1.54, 1.807) is 0 Å². The number of aromatic nitrogens is 2. The van der Waals surface area contributed by atoms with Crippen molar-refractivity contribution in [2.75, 3.05) is 0 Å². The largest absolute Gasteiger partial charge is 0.453 e. The van der Waals surface area contributed by atoms with Gasteiger partial charge in [0.05, 0.1) is 11.0 Å². The Hall–Kier alpha value is -5.15. The van der Waals surface area contributed by atoms with Gasteiger partial charge in [-0.2, -0.15) is 0 Å². The van der Waals surface area contributed by atoms with Crippen molar-refractivity contribution in [3.05, 3.63) is 134 Å². The van der Waals surface area contributed by atoms with E-state index in [0.717, 1.165) is 50.0 Å². The zero-order valence-corrected chi connectivity index (χ0v) is 20.5. The standard InChI is InChI=1S/C35H22N2O/c1-2-10-23(11-3-1)27-20-21-36-33-30-17-9-16-26(34(30)38-35(27)33)24-12-8-13-25(22-24)37-31-18-6-4-14-28(31)29-15-5-7-19-32(29)37/h1-22H. The van der Waals surface area contributed by atoms with E-state index in [1.165, 1.54) is 21.8 Å². The monoisotopic (exact) mass is 486 g/mol. The number of rotatable bonds is 3. The molecule has 3 nitrogen and oxygen atoms in total. The van der Waals surface area contributed by atoms with E-state index in [-0.39, 0.29) is 0 Å². The summed E-state index contributed by atoms with van der Waals surface area (Å²) in [6, 6.07) is 44.6. The summed E-state index contributed by atoms with van der Waals surface area (Å²) in [5, 5.41) is 3.54. The summed E-state index contributed by atoms with van der Waals surface area (Å²) < 4.78 is 8.97. The van der Waals surface area contributed by atoms with Crippen LogP contribution in [0, 0.1) is 0 Å². The van der Waals surface area contributed by atoms with Crippen LogP contribution in [0.15, 0.2) is 138 Å². The van der Waals surface area contributed by atoms with Crippen LogP contribution in [-0.2, 0) is 0 Å². The zero-order valence-electron chi connectivity index (χ0n) is 20.5. The van der Waals surface area contributed by atoms with E-state index >= 15 is 0 Å². The van der Waals surface area contributed by atoms with E-state index < -0.39 is 0 Å². The summed E-state index contributed by atoms with van der Waals surface area (Å²) in [5.74, 6) is 0. The minimum Gasteiger partial charge on any atom is -0.453 e. The number of fused-ring (bicyclic) bond motifs is 6. The maximum absolute atomic E-state index is 6.63. The number of nitrogens with zero attached hydrogens (tertiary/aromatic N) is 2. The first-order valence-electron chi connectivity index (χ1n) is 12.8. The zero-order chi connectivity index (χ0) is 25.1. The smallest absolute Gasteiger partial charge is 0.161 e. The van der Waals surface area contributed by atoms with Gasteiger partial charge in [0.25, 0.3) is 0 Å². The molecule has 0 fully saturated rings. The molecule has 0 aliphatic heterocycles. The number of furan rings is 1. The molecular weight excluding hydrogens is 464 g/mol. The Labute approximate surface area is 219 Å². The van der Waals surface area contributed by atoms with Crippen molar-refractivity contribution >= 4 is 43.9 Å². The van der Waals surface area contributed by atoms with Gasteiger partial charge in [0.2, 0.25) is 0 Å². The van der Waals surface area contributed by atoms with Crippen LogP contribution in [-0.4, -0.2) is 9.55 Å². The van der Waals surface area contributed by atoms with Crippen LogP contribution in [0.4, 0.5) is 0 Å². The highest BCUT2D eigenvalue weighted by Gasteiger charge is 2.17. The molecule has 3 heteroatoms. The topological polar surface area (TPSA) is 31.0 Å². The molecule has 0 amide bonds. The molecule has 8 aromatic rings. The maximum Gasteiger partial charge on any atom is 0.161 e. The third-order valence-electron chi connectivity index (χ3n) is 7.46. The number of hydrogen-bond acceptors (Lipinski definition) is 2. The van der Waals surface area contributed by atoms with E-state index in [1.807, 2.05) is 18.3 Å². The van der Waals surface area contributed by atoms with Crippen molar-refractivity contribution < 1.29 is 4.42 Å². The van der Waals surface area contributed by atoms with Gasteiger partial charge < -0.3 is 8.98 Å². The summed E-state index contributed by atoms with van der Waals surface area (Å²) in [5.41, 5.74) is 10.4. The second-order valence-corrected chi connectivity index (χ2v) is 9.61. The highest BCUT2D eigenvalue weighted by Crippen LogP contribution is 2.39. The predicted molar refractivity (Wildman–Crippen MR) is 157 cm³/mol. The molecule has 0 atom stereocenters. The Balaban J connectivity index is 1.36. The lowest BCUT2D eigenvalue weighted by Crippen LogP contribution is -1.94. The molecule has 0 saturated carbocycles. The van der Waals surface area contributed by atoms with E-state index in [2.05, 4.69) is 120 Å². The summed E-state index contributed by atoms with van der Waals surface area (Å²) in [4.78, 5) is 4.72. The van der Waals surface area contributed by atoms with Crippen LogP contribution >= 0.6 is 0 Å². The van der Waals surface area contributed by atoms with Gasteiger partial charge in [-0.25, -0.2) is 0 Å². The fraction of sp³-hybridized carbons (Fsp3) is 0. The van der Waals surface area contributed by atoms with Gasteiger partial charge in [0.15, 0.2) is 5.58 Å². The molecule has 0 aliphatic carbocycles. The van der Waals surface area contributed by atoms with Crippen LogP contribution in [0.3, 0.4) is 0 Å².